The van der Waals surface area contributed by atoms with Crippen molar-refractivity contribution in [3.8, 4) is 0 Å². The van der Waals surface area contributed by atoms with E-state index in [1.54, 1.807) is 0 Å². The third-order valence-corrected chi connectivity index (χ3v) is 2.36. The van der Waals surface area contributed by atoms with Crippen molar-refractivity contribution in [3.05, 3.63) is 24.3 Å². The first-order chi connectivity index (χ1) is 4.25. The van der Waals surface area contributed by atoms with E-state index in [1.807, 2.05) is 0 Å². The Labute approximate surface area is 64.8 Å². The molecule has 0 aromatic carbocycles. The minimum atomic E-state index is 0.773. The molecule has 0 saturated heterocycles. The molecule has 0 amide bonds. The van der Waals surface area contributed by atoms with Gasteiger partial charge in [-0.25, -0.2) is 0 Å². The molecule has 1 fully saturated rings. The highest BCUT2D eigenvalue weighted by Gasteiger charge is 2.25. The minimum Gasteiger partial charge on any atom is -0.0953 e. The summed E-state index contributed by atoms with van der Waals surface area (Å²) in [5.41, 5.74) is 2.42. The van der Waals surface area contributed by atoms with Crippen molar-refractivity contribution < 1.29 is 0 Å². The monoisotopic (exact) mass is 186 g/mol. The summed E-state index contributed by atoms with van der Waals surface area (Å²) in [6.45, 7) is 7.85. The van der Waals surface area contributed by atoms with E-state index in [4.69, 9.17) is 0 Å². The molecule has 50 valence electrons. The summed E-state index contributed by atoms with van der Waals surface area (Å²) in [5.74, 6) is 0.773. The average molecular weight is 187 g/mol. The van der Waals surface area contributed by atoms with E-state index >= 15 is 0 Å². The molecule has 1 saturated carbocycles. The van der Waals surface area contributed by atoms with Crippen molar-refractivity contribution in [2.75, 3.05) is 5.33 Å². The molecule has 9 heavy (non-hydrogen) atoms. The maximum absolute atomic E-state index is 3.96. The number of rotatable bonds is 3. The van der Waals surface area contributed by atoms with Crippen LogP contribution in [0.3, 0.4) is 0 Å². The summed E-state index contributed by atoms with van der Waals surface area (Å²) in [5, 5.41) is 0.877. The lowest BCUT2D eigenvalue weighted by molar-refractivity contribution is 1.03. The predicted molar refractivity (Wildman–Crippen MR) is 44.8 cm³/mol. The molecule has 0 N–H and O–H groups in total. The second-order valence-electron chi connectivity index (χ2n) is 2.54. The molecule has 1 rings (SSSR count). The van der Waals surface area contributed by atoms with E-state index in [0.717, 1.165) is 16.8 Å². The fourth-order valence-electron chi connectivity index (χ4n) is 0.806. The molecule has 0 unspecified atom stereocenters. The largest absolute Gasteiger partial charge is 0.0953 e. The first kappa shape index (κ1) is 7.07. The topological polar surface area (TPSA) is 0 Å². The minimum absolute atomic E-state index is 0.773. The second-order valence-corrected chi connectivity index (χ2v) is 3.10. The maximum atomic E-state index is 3.96. The summed E-state index contributed by atoms with van der Waals surface area (Å²) in [4.78, 5) is 0. The van der Waals surface area contributed by atoms with Crippen LogP contribution in [0.25, 0.3) is 0 Å². The van der Waals surface area contributed by atoms with Gasteiger partial charge in [0.05, 0.1) is 0 Å². The molecule has 1 aliphatic carbocycles. The van der Waals surface area contributed by atoms with Crippen LogP contribution in [0.2, 0.25) is 0 Å². The Hall–Kier alpha value is -0.0400. The van der Waals surface area contributed by atoms with Crippen molar-refractivity contribution in [1.29, 1.82) is 0 Å². The van der Waals surface area contributed by atoms with Gasteiger partial charge in [-0.1, -0.05) is 29.1 Å². The van der Waals surface area contributed by atoms with E-state index in [9.17, 15) is 0 Å². The summed E-state index contributed by atoms with van der Waals surface area (Å²) in [6.07, 6.45) is 2.65. The number of hydrogen-bond donors (Lipinski definition) is 0. The lowest BCUT2D eigenvalue weighted by Crippen LogP contribution is -1.88. The molecule has 0 radical (unpaired) electrons. The molecule has 0 heterocycles. The molecule has 0 aromatic rings. The van der Waals surface area contributed by atoms with Crippen molar-refractivity contribution in [3.63, 3.8) is 0 Å². The van der Waals surface area contributed by atoms with E-state index in [-0.39, 0.29) is 0 Å². The van der Waals surface area contributed by atoms with Crippen LogP contribution in [-0.4, -0.2) is 5.33 Å². The van der Waals surface area contributed by atoms with Crippen LogP contribution in [0, 0.1) is 5.92 Å². The fraction of sp³-hybridized carbons (Fsp3) is 0.500. The highest BCUT2D eigenvalue weighted by atomic mass is 79.9. The SMILES string of the molecule is C=C(CBr)C(=C)C1CC1. The molecule has 0 spiro atoms. The van der Waals surface area contributed by atoms with Crippen molar-refractivity contribution in [2.24, 2.45) is 5.92 Å². The lowest BCUT2D eigenvalue weighted by atomic mass is 10.1. The van der Waals surface area contributed by atoms with E-state index in [1.165, 1.54) is 18.4 Å². The number of halogens is 1. The lowest BCUT2D eigenvalue weighted by Gasteiger charge is -2.01. The van der Waals surface area contributed by atoms with Crippen LogP contribution < -0.4 is 0 Å². The zero-order chi connectivity index (χ0) is 6.85. The van der Waals surface area contributed by atoms with E-state index in [2.05, 4.69) is 29.1 Å². The summed E-state index contributed by atoms with van der Waals surface area (Å²) < 4.78 is 0. The predicted octanol–water partition coefficient (Wildman–Crippen LogP) is 2.90. The molecule has 0 aliphatic heterocycles. The number of alkyl halides is 1. The fourth-order valence-corrected chi connectivity index (χ4v) is 1.17. The Morgan fingerprint density at radius 1 is 1.44 bits per heavy atom. The van der Waals surface area contributed by atoms with Gasteiger partial charge in [-0.2, -0.15) is 0 Å². The Morgan fingerprint density at radius 2 is 2.00 bits per heavy atom. The molecular formula is C8H11Br. The summed E-state index contributed by atoms with van der Waals surface area (Å²) >= 11 is 3.35. The first-order valence-corrected chi connectivity index (χ1v) is 4.30. The Kier molecular flexibility index (Phi) is 2.12. The van der Waals surface area contributed by atoms with Gasteiger partial charge in [0, 0.05) is 5.33 Å². The molecule has 0 nitrogen and oxygen atoms in total. The van der Waals surface area contributed by atoms with Crippen LogP contribution in [-0.2, 0) is 0 Å². The van der Waals surface area contributed by atoms with Gasteiger partial charge in [0.2, 0.25) is 0 Å². The van der Waals surface area contributed by atoms with Gasteiger partial charge in [0.25, 0.3) is 0 Å². The molecule has 1 heteroatoms. The maximum Gasteiger partial charge on any atom is 0.0279 e. The summed E-state index contributed by atoms with van der Waals surface area (Å²) in [6, 6.07) is 0. The van der Waals surface area contributed by atoms with Gasteiger partial charge < -0.3 is 0 Å². The number of allylic oxidation sites excluding steroid dienone is 2. The number of hydrogen-bond acceptors (Lipinski definition) is 0. The van der Waals surface area contributed by atoms with Gasteiger partial charge in [-0.3, -0.25) is 0 Å². The van der Waals surface area contributed by atoms with Crippen LogP contribution in [0.1, 0.15) is 12.8 Å². The molecule has 0 aromatic heterocycles. The van der Waals surface area contributed by atoms with Crippen LogP contribution in [0.15, 0.2) is 24.3 Å². The quantitative estimate of drug-likeness (QED) is 0.470. The first-order valence-electron chi connectivity index (χ1n) is 3.18. The zero-order valence-electron chi connectivity index (χ0n) is 5.49. The second kappa shape index (κ2) is 2.70. The highest BCUT2D eigenvalue weighted by molar-refractivity contribution is 9.09. The van der Waals surface area contributed by atoms with Crippen LogP contribution >= 0.6 is 15.9 Å². The van der Waals surface area contributed by atoms with Crippen molar-refractivity contribution in [2.45, 2.75) is 12.8 Å². The third-order valence-electron chi connectivity index (χ3n) is 1.69. The standard InChI is InChI=1S/C8H11Br/c1-6(5-9)7(2)8-3-4-8/h8H,1-5H2. The Morgan fingerprint density at radius 3 is 2.33 bits per heavy atom. The highest BCUT2D eigenvalue weighted by Crippen LogP contribution is 2.38. The average Bonchev–Trinajstić information content (AvgIpc) is 2.66. The normalized spacial score (nSPS) is 17.4. The Bertz CT molecular complexity index is 143. The van der Waals surface area contributed by atoms with Crippen molar-refractivity contribution in [1.82, 2.24) is 0 Å². The zero-order valence-corrected chi connectivity index (χ0v) is 7.08. The Balaban J connectivity index is 2.40. The van der Waals surface area contributed by atoms with Gasteiger partial charge in [0.1, 0.15) is 0 Å². The smallest absolute Gasteiger partial charge is 0.0279 e. The van der Waals surface area contributed by atoms with Gasteiger partial charge in [0.15, 0.2) is 0 Å². The van der Waals surface area contributed by atoms with E-state index < -0.39 is 0 Å². The van der Waals surface area contributed by atoms with Crippen molar-refractivity contribution >= 4 is 15.9 Å². The summed E-state index contributed by atoms with van der Waals surface area (Å²) in [7, 11) is 0. The van der Waals surface area contributed by atoms with Crippen LogP contribution in [0.5, 0.6) is 0 Å². The van der Waals surface area contributed by atoms with Gasteiger partial charge in [-0.05, 0) is 29.9 Å². The molecule has 0 atom stereocenters. The van der Waals surface area contributed by atoms with Gasteiger partial charge in [-0.15, -0.1) is 0 Å². The molecule has 1 aliphatic rings. The van der Waals surface area contributed by atoms with Gasteiger partial charge >= 0.3 is 0 Å². The van der Waals surface area contributed by atoms with E-state index in [0.29, 0.717) is 0 Å². The van der Waals surface area contributed by atoms with Crippen LogP contribution in [0.4, 0.5) is 0 Å². The molecular weight excluding hydrogens is 176 g/mol. The molecule has 0 bridgehead atoms. The third kappa shape index (κ3) is 1.68.